The molecule has 0 radical (unpaired) electrons. The van der Waals surface area contributed by atoms with Crippen LogP contribution in [0.4, 0.5) is 0 Å². The van der Waals surface area contributed by atoms with Crippen LogP contribution in [0.5, 0.6) is 0 Å². The maximum atomic E-state index is 3.61. The van der Waals surface area contributed by atoms with Gasteiger partial charge in [0.1, 0.15) is 0 Å². The Morgan fingerprint density at radius 2 is 1.25 bits per heavy atom. The molecular weight excluding hydrogens is 100 g/mol. The molecule has 0 heterocycles. The lowest BCUT2D eigenvalue weighted by atomic mass is 10.6. The van der Waals surface area contributed by atoms with Crippen molar-refractivity contribution in [2.75, 3.05) is 0 Å². The molecule has 0 bridgehead atoms. The summed E-state index contributed by atoms with van der Waals surface area (Å²) in [4.78, 5) is 0. The van der Waals surface area contributed by atoms with E-state index in [4.69, 9.17) is 0 Å². The Morgan fingerprint density at radius 1 is 1.00 bits per heavy atom. The summed E-state index contributed by atoms with van der Waals surface area (Å²) < 4.78 is 0. The summed E-state index contributed by atoms with van der Waals surface area (Å²) in [6, 6.07) is 0. The first-order chi connectivity index (χ1) is 3.63. The van der Waals surface area contributed by atoms with Crippen LogP contribution in [0.2, 0.25) is 0 Å². The molecule has 8 heavy (non-hydrogen) atoms. The molecule has 0 aromatic heterocycles. The zero-order valence-corrected chi connectivity index (χ0v) is 5.41. The fraction of sp³-hybridized carbons (Fsp3) is 0.333. The lowest BCUT2D eigenvalue weighted by Gasteiger charge is -2.06. The van der Waals surface area contributed by atoms with Crippen LogP contribution in [0.25, 0.3) is 0 Å². The molecule has 0 saturated heterocycles. The van der Waals surface area contributed by atoms with Gasteiger partial charge in [0.15, 0.2) is 0 Å². The van der Waals surface area contributed by atoms with Crippen LogP contribution in [0.15, 0.2) is 24.6 Å². The van der Waals surface area contributed by atoms with E-state index in [2.05, 4.69) is 24.0 Å². The van der Waals surface area contributed by atoms with Crippen molar-refractivity contribution < 1.29 is 0 Å². The van der Waals surface area contributed by atoms with Gasteiger partial charge in [0.05, 0.1) is 0 Å². The van der Waals surface area contributed by atoms with E-state index in [1.807, 2.05) is 13.8 Å². The summed E-state index contributed by atoms with van der Waals surface area (Å²) in [6.07, 6.45) is 0. The average Bonchev–Trinajstić information content (AvgIpc) is 1.61. The van der Waals surface area contributed by atoms with E-state index in [1.54, 1.807) is 0 Å². The Morgan fingerprint density at radius 3 is 1.38 bits per heavy atom. The van der Waals surface area contributed by atoms with Crippen molar-refractivity contribution in [3.63, 3.8) is 0 Å². The Kier molecular flexibility index (Phi) is 2.77. The minimum atomic E-state index is 0.882. The maximum Gasteiger partial charge on any atom is 0.0211 e. The highest BCUT2D eigenvalue weighted by Crippen LogP contribution is 1.77. The molecule has 0 fully saturated rings. The van der Waals surface area contributed by atoms with Crippen LogP contribution >= 0.6 is 0 Å². The normalized spacial score (nSPS) is 7.75. The minimum absolute atomic E-state index is 0.882. The van der Waals surface area contributed by atoms with Gasteiger partial charge in [0, 0.05) is 11.4 Å². The van der Waals surface area contributed by atoms with E-state index in [0.29, 0.717) is 0 Å². The van der Waals surface area contributed by atoms with Crippen LogP contribution in [0, 0.1) is 0 Å². The summed E-state index contributed by atoms with van der Waals surface area (Å²) >= 11 is 0. The third kappa shape index (κ3) is 5.08. The Balaban J connectivity index is 3.18. The highest BCUT2D eigenvalue weighted by Gasteiger charge is 1.78. The van der Waals surface area contributed by atoms with E-state index in [0.717, 1.165) is 11.4 Å². The van der Waals surface area contributed by atoms with Crippen LogP contribution in [-0.4, -0.2) is 0 Å². The van der Waals surface area contributed by atoms with Crippen molar-refractivity contribution in [2.45, 2.75) is 13.8 Å². The first-order valence-electron chi connectivity index (χ1n) is 2.46. The van der Waals surface area contributed by atoms with Gasteiger partial charge in [-0.3, -0.25) is 0 Å². The summed E-state index contributed by atoms with van der Waals surface area (Å²) in [5.74, 6) is 0. The molecule has 2 nitrogen and oxygen atoms in total. The second-order valence-corrected chi connectivity index (χ2v) is 1.81. The maximum absolute atomic E-state index is 3.61. The lowest BCUT2D eigenvalue weighted by Crippen LogP contribution is -2.26. The molecule has 46 valence electrons. The van der Waals surface area contributed by atoms with Crippen LogP contribution in [0.1, 0.15) is 13.8 Å². The number of hydrogen-bond donors (Lipinski definition) is 2. The van der Waals surface area contributed by atoms with E-state index in [1.165, 1.54) is 0 Å². The van der Waals surface area contributed by atoms with Gasteiger partial charge in [0.25, 0.3) is 0 Å². The van der Waals surface area contributed by atoms with Crippen molar-refractivity contribution in [3.8, 4) is 0 Å². The molecule has 0 saturated carbocycles. The molecule has 0 aliphatic carbocycles. The van der Waals surface area contributed by atoms with Crippen LogP contribution in [0.3, 0.4) is 0 Å². The van der Waals surface area contributed by atoms with Crippen molar-refractivity contribution in [1.29, 1.82) is 0 Å². The van der Waals surface area contributed by atoms with Gasteiger partial charge in [0.2, 0.25) is 0 Å². The molecular formula is C6H12N2. The standard InChI is InChI=1S/C6H12N2/c1-5(2)7-8-6(3)4/h7-8H,1,3H2,2,4H3. The zero-order chi connectivity index (χ0) is 6.57. The average molecular weight is 112 g/mol. The molecule has 0 atom stereocenters. The number of allylic oxidation sites excluding steroid dienone is 2. The summed E-state index contributed by atoms with van der Waals surface area (Å²) in [7, 11) is 0. The molecule has 0 aliphatic rings. The largest absolute Gasteiger partial charge is 0.306 e. The SMILES string of the molecule is C=C(C)NNC(=C)C. The molecule has 0 aliphatic heterocycles. The Hall–Kier alpha value is -0.920. The number of hydrogen-bond acceptors (Lipinski definition) is 2. The third-order valence-corrected chi connectivity index (χ3v) is 0.489. The molecule has 0 unspecified atom stereocenters. The smallest absolute Gasteiger partial charge is 0.0211 e. The molecule has 0 aromatic carbocycles. The van der Waals surface area contributed by atoms with Crippen molar-refractivity contribution >= 4 is 0 Å². The van der Waals surface area contributed by atoms with E-state index in [9.17, 15) is 0 Å². The first-order valence-corrected chi connectivity index (χ1v) is 2.46. The second kappa shape index (κ2) is 3.13. The third-order valence-electron chi connectivity index (χ3n) is 0.489. The highest BCUT2D eigenvalue weighted by molar-refractivity contribution is 4.89. The summed E-state index contributed by atoms with van der Waals surface area (Å²) in [6.45, 7) is 11.0. The lowest BCUT2D eigenvalue weighted by molar-refractivity contribution is 0.695. The van der Waals surface area contributed by atoms with Crippen LogP contribution < -0.4 is 10.9 Å². The van der Waals surface area contributed by atoms with Gasteiger partial charge in [-0.25, -0.2) is 0 Å². The van der Waals surface area contributed by atoms with Crippen molar-refractivity contribution in [3.05, 3.63) is 24.6 Å². The van der Waals surface area contributed by atoms with Gasteiger partial charge < -0.3 is 10.9 Å². The zero-order valence-electron chi connectivity index (χ0n) is 5.41. The van der Waals surface area contributed by atoms with Gasteiger partial charge >= 0.3 is 0 Å². The minimum Gasteiger partial charge on any atom is -0.306 e. The molecule has 2 heteroatoms. The first kappa shape index (κ1) is 7.08. The van der Waals surface area contributed by atoms with Crippen molar-refractivity contribution in [2.24, 2.45) is 0 Å². The molecule has 0 aromatic rings. The predicted molar refractivity (Wildman–Crippen MR) is 35.9 cm³/mol. The van der Waals surface area contributed by atoms with E-state index >= 15 is 0 Å². The number of hydrazine groups is 1. The molecule has 0 rings (SSSR count). The van der Waals surface area contributed by atoms with E-state index in [-0.39, 0.29) is 0 Å². The van der Waals surface area contributed by atoms with E-state index < -0.39 is 0 Å². The molecule has 0 spiro atoms. The van der Waals surface area contributed by atoms with Crippen molar-refractivity contribution in [1.82, 2.24) is 10.9 Å². The highest BCUT2D eigenvalue weighted by atomic mass is 15.4. The fourth-order valence-corrected chi connectivity index (χ4v) is 0.213. The molecule has 0 amide bonds. The monoisotopic (exact) mass is 112 g/mol. The summed E-state index contributed by atoms with van der Waals surface area (Å²) in [5.41, 5.74) is 7.37. The van der Waals surface area contributed by atoms with Crippen LogP contribution in [-0.2, 0) is 0 Å². The fourth-order valence-electron chi connectivity index (χ4n) is 0.213. The number of nitrogens with one attached hydrogen (secondary N) is 2. The Labute approximate surface area is 50.3 Å². The van der Waals surface area contributed by atoms with Gasteiger partial charge in [-0.1, -0.05) is 13.2 Å². The quantitative estimate of drug-likeness (QED) is 0.535. The Bertz CT molecular complexity index is 91.1. The van der Waals surface area contributed by atoms with Gasteiger partial charge in [-0.05, 0) is 13.8 Å². The second-order valence-electron chi connectivity index (χ2n) is 1.81. The predicted octanol–water partition coefficient (Wildman–Crippen LogP) is 1.15. The van der Waals surface area contributed by atoms with Gasteiger partial charge in [-0.15, -0.1) is 0 Å². The molecule has 2 N–H and O–H groups in total. The summed E-state index contributed by atoms with van der Waals surface area (Å²) in [5, 5.41) is 0. The number of rotatable bonds is 3. The topological polar surface area (TPSA) is 24.1 Å². The van der Waals surface area contributed by atoms with Gasteiger partial charge in [-0.2, -0.15) is 0 Å².